The Balaban J connectivity index is 2.52. The first-order valence-corrected chi connectivity index (χ1v) is 5.50. The highest BCUT2D eigenvalue weighted by Gasteiger charge is 2.04. The molecule has 0 bridgehead atoms. The molecule has 1 heterocycles. The summed E-state index contributed by atoms with van der Waals surface area (Å²) in [6.45, 7) is 2.55. The van der Waals surface area contributed by atoms with E-state index >= 15 is 0 Å². The van der Waals surface area contributed by atoms with Gasteiger partial charge in [0.15, 0.2) is 0 Å². The Labute approximate surface area is 97.3 Å². The Hall–Kier alpha value is -1.20. The van der Waals surface area contributed by atoms with Gasteiger partial charge in [0.05, 0.1) is 0 Å². The molecular formula is C11H21N5. The van der Waals surface area contributed by atoms with Crippen LogP contribution in [-0.2, 0) is 6.42 Å². The summed E-state index contributed by atoms with van der Waals surface area (Å²) in [5.74, 6) is 0.766. The Bertz CT molecular complexity index is 296. The van der Waals surface area contributed by atoms with Crippen LogP contribution in [0.15, 0.2) is 12.4 Å². The Morgan fingerprint density at radius 3 is 2.25 bits per heavy atom. The largest absolute Gasteiger partial charge is 0.343 e. The van der Waals surface area contributed by atoms with E-state index in [1.807, 2.05) is 24.3 Å². The van der Waals surface area contributed by atoms with Crippen LogP contribution in [0.4, 0.5) is 5.95 Å². The van der Waals surface area contributed by atoms with Gasteiger partial charge in [0.25, 0.3) is 0 Å². The quantitative estimate of drug-likeness (QED) is 0.734. The standard InChI is InChI=1S/C11H21N5/c1-15(2)6-7-16(3)11-13-8-10(4-5-12)9-14-11/h8-9H,4-7,12H2,1-3H3. The maximum atomic E-state index is 5.47. The van der Waals surface area contributed by atoms with Crippen LogP contribution in [0, 0.1) is 0 Å². The van der Waals surface area contributed by atoms with Gasteiger partial charge in [0, 0.05) is 32.5 Å². The van der Waals surface area contributed by atoms with Crippen molar-refractivity contribution in [2.24, 2.45) is 5.73 Å². The highest BCUT2D eigenvalue weighted by Crippen LogP contribution is 2.04. The fourth-order valence-electron chi connectivity index (χ4n) is 1.29. The van der Waals surface area contributed by atoms with Crippen molar-refractivity contribution < 1.29 is 0 Å². The molecule has 5 heteroatoms. The average molecular weight is 223 g/mol. The number of likely N-dealkylation sites (N-methyl/N-ethyl adjacent to an activating group) is 2. The minimum atomic E-state index is 0.638. The maximum absolute atomic E-state index is 5.47. The van der Waals surface area contributed by atoms with E-state index < -0.39 is 0 Å². The van der Waals surface area contributed by atoms with Gasteiger partial charge in [0.2, 0.25) is 5.95 Å². The zero-order chi connectivity index (χ0) is 12.0. The van der Waals surface area contributed by atoms with Crippen LogP contribution < -0.4 is 10.6 Å². The van der Waals surface area contributed by atoms with Crippen LogP contribution in [0.1, 0.15) is 5.56 Å². The van der Waals surface area contributed by atoms with E-state index in [-0.39, 0.29) is 0 Å². The van der Waals surface area contributed by atoms with Gasteiger partial charge in [-0.25, -0.2) is 9.97 Å². The second kappa shape index (κ2) is 6.40. The summed E-state index contributed by atoms with van der Waals surface area (Å²) in [5, 5.41) is 0. The van der Waals surface area contributed by atoms with Crippen molar-refractivity contribution in [2.75, 3.05) is 45.7 Å². The smallest absolute Gasteiger partial charge is 0.225 e. The molecule has 2 N–H and O–H groups in total. The summed E-state index contributed by atoms with van der Waals surface area (Å²) in [4.78, 5) is 12.8. The lowest BCUT2D eigenvalue weighted by atomic mass is 10.2. The van der Waals surface area contributed by atoms with Gasteiger partial charge in [-0.1, -0.05) is 0 Å². The fourth-order valence-corrected chi connectivity index (χ4v) is 1.29. The molecule has 0 spiro atoms. The van der Waals surface area contributed by atoms with Crippen molar-refractivity contribution in [3.05, 3.63) is 18.0 Å². The van der Waals surface area contributed by atoms with Crippen LogP contribution in [-0.4, -0.2) is 55.6 Å². The Kier molecular flexibility index (Phi) is 5.14. The molecule has 0 aliphatic rings. The molecule has 5 nitrogen and oxygen atoms in total. The van der Waals surface area contributed by atoms with E-state index in [9.17, 15) is 0 Å². The van der Waals surface area contributed by atoms with Crippen molar-refractivity contribution in [2.45, 2.75) is 6.42 Å². The van der Waals surface area contributed by atoms with Gasteiger partial charge in [-0.2, -0.15) is 0 Å². The second-order valence-corrected chi connectivity index (χ2v) is 4.15. The highest BCUT2D eigenvalue weighted by atomic mass is 15.2. The first-order chi connectivity index (χ1) is 7.63. The topological polar surface area (TPSA) is 58.3 Å². The lowest BCUT2D eigenvalue weighted by Gasteiger charge is -2.19. The maximum Gasteiger partial charge on any atom is 0.225 e. The Morgan fingerprint density at radius 1 is 1.12 bits per heavy atom. The predicted molar refractivity (Wildman–Crippen MR) is 66.6 cm³/mol. The van der Waals surface area contributed by atoms with E-state index in [1.165, 1.54) is 0 Å². The lowest BCUT2D eigenvalue weighted by Crippen LogP contribution is -2.29. The predicted octanol–water partition coefficient (Wildman–Crippen LogP) is -0.0244. The number of aromatic nitrogens is 2. The highest BCUT2D eigenvalue weighted by molar-refractivity contribution is 5.28. The molecule has 0 unspecified atom stereocenters. The van der Waals surface area contributed by atoms with Crippen LogP contribution in [0.2, 0.25) is 0 Å². The second-order valence-electron chi connectivity index (χ2n) is 4.15. The molecule has 0 aliphatic carbocycles. The summed E-state index contributed by atoms with van der Waals surface area (Å²) >= 11 is 0. The minimum absolute atomic E-state index is 0.638. The summed E-state index contributed by atoms with van der Waals surface area (Å²) in [7, 11) is 6.11. The molecule has 1 aromatic rings. The number of nitrogens with zero attached hydrogens (tertiary/aromatic N) is 4. The van der Waals surface area contributed by atoms with Gasteiger partial charge in [-0.15, -0.1) is 0 Å². The van der Waals surface area contributed by atoms with Crippen molar-refractivity contribution in [1.29, 1.82) is 0 Å². The molecule has 1 aromatic heterocycles. The molecule has 0 fully saturated rings. The molecule has 0 radical (unpaired) electrons. The van der Waals surface area contributed by atoms with Gasteiger partial charge in [-0.3, -0.25) is 0 Å². The third kappa shape index (κ3) is 4.12. The molecule has 0 saturated carbocycles. The SMILES string of the molecule is CN(C)CCN(C)c1ncc(CCN)cn1. The van der Waals surface area contributed by atoms with Gasteiger partial charge < -0.3 is 15.5 Å². The molecule has 1 rings (SSSR count). The molecular weight excluding hydrogens is 202 g/mol. The zero-order valence-corrected chi connectivity index (χ0v) is 10.3. The molecule has 0 saturated heterocycles. The molecule has 0 aromatic carbocycles. The fraction of sp³-hybridized carbons (Fsp3) is 0.636. The molecule has 16 heavy (non-hydrogen) atoms. The minimum Gasteiger partial charge on any atom is -0.343 e. The third-order valence-corrected chi connectivity index (χ3v) is 2.35. The Morgan fingerprint density at radius 2 is 1.75 bits per heavy atom. The zero-order valence-electron chi connectivity index (χ0n) is 10.3. The number of hydrogen-bond acceptors (Lipinski definition) is 5. The van der Waals surface area contributed by atoms with E-state index in [0.717, 1.165) is 31.0 Å². The average Bonchev–Trinajstić information content (AvgIpc) is 2.27. The van der Waals surface area contributed by atoms with Crippen LogP contribution in [0.25, 0.3) is 0 Å². The molecule has 0 amide bonds. The lowest BCUT2D eigenvalue weighted by molar-refractivity contribution is 0.415. The van der Waals surface area contributed by atoms with E-state index in [1.54, 1.807) is 0 Å². The number of rotatable bonds is 6. The summed E-state index contributed by atoms with van der Waals surface area (Å²) in [6.07, 6.45) is 4.53. The summed E-state index contributed by atoms with van der Waals surface area (Å²) < 4.78 is 0. The van der Waals surface area contributed by atoms with Crippen molar-refractivity contribution in [3.63, 3.8) is 0 Å². The van der Waals surface area contributed by atoms with Crippen LogP contribution in [0.5, 0.6) is 0 Å². The number of anilines is 1. The first-order valence-electron chi connectivity index (χ1n) is 5.50. The first kappa shape index (κ1) is 12.9. The van der Waals surface area contributed by atoms with Crippen LogP contribution >= 0.6 is 0 Å². The third-order valence-electron chi connectivity index (χ3n) is 2.35. The van der Waals surface area contributed by atoms with E-state index in [4.69, 9.17) is 5.73 Å². The molecule has 90 valence electrons. The summed E-state index contributed by atoms with van der Waals surface area (Å²) in [5.41, 5.74) is 6.56. The molecule has 0 atom stereocenters. The van der Waals surface area contributed by atoms with E-state index in [2.05, 4.69) is 29.0 Å². The van der Waals surface area contributed by atoms with Crippen LogP contribution in [0.3, 0.4) is 0 Å². The number of hydrogen-bond donors (Lipinski definition) is 1. The normalized spacial score (nSPS) is 10.8. The van der Waals surface area contributed by atoms with Gasteiger partial charge >= 0.3 is 0 Å². The van der Waals surface area contributed by atoms with Crippen molar-refractivity contribution in [1.82, 2.24) is 14.9 Å². The van der Waals surface area contributed by atoms with Gasteiger partial charge in [-0.05, 0) is 32.6 Å². The van der Waals surface area contributed by atoms with Crippen molar-refractivity contribution >= 4 is 5.95 Å². The summed E-state index contributed by atoms with van der Waals surface area (Å²) in [6, 6.07) is 0. The van der Waals surface area contributed by atoms with Gasteiger partial charge in [0.1, 0.15) is 0 Å². The number of nitrogens with two attached hydrogens (primary N) is 1. The van der Waals surface area contributed by atoms with Crippen molar-refractivity contribution in [3.8, 4) is 0 Å². The monoisotopic (exact) mass is 223 g/mol. The molecule has 0 aliphatic heterocycles. The van der Waals surface area contributed by atoms with E-state index in [0.29, 0.717) is 6.54 Å².